The number of hydrogen-bond acceptors (Lipinski definition) is 3. The Kier molecular flexibility index (Phi) is 3.31. The highest BCUT2D eigenvalue weighted by molar-refractivity contribution is 5.80. The van der Waals surface area contributed by atoms with Crippen molar-refractivity contribution in [3.8, 4) is 0 Å². The van der Waals surface area contributed by atoms with E-state index in [1.807, 2.05) is 12.5 Å². The van der Waals surface area contributed by atoms with Crippen LogP contribution < -0.4 is 10.6 Å². The van der Waals surface area contributed by atoms with E-state index >= 15 is 0 Å². The number of carbonyl (C=O) groups is 1. The van der Waals surface area contributed by atoms with Gasteiger partial charge >= 0.3 is 0 Å². The van der Waals surface area contributed by atoms with Gasteiger partial charge in [-0.1, -0.05) is 6.92 Å². The van der Waals surface area contributed by atoms with Crippen LogP contribution in [0.2, 0.25) is 0 Å². The van der Waals surface area contributed by atoms with Crippen molar-refractivity contribution < 1.29 is 4.79 Å². The SMILES string of the molecule is CC1(c2cncn2CCNC(=O)C2CC2)CCNC1. The first-order chi connectivity index (χ1) is 9.19. The van der Waals surface area contributed by atoms with E-state index in [0.717, 1.165) is 38.9 Å². The molecule has 1 amide bonds. The standard InChI is InChI=1S/C14H22N4O/c1-14(4-5-15-9-14)12-8-16-10-18(12)7-6-17-13(19)11-2-3-11/h8,10-11,15H,2-7,9H2,1H3,(H,17,19). The molecule has 1 aliphatic carbocycles. The van der Waals surface area contributed by atoms with Crippen LogP contribution in [0, 0.1) is 5.92 Å². The highest BCUT2D eigenvalue weighted by Crippen LogP contribution is 2.30. The summed E-state index contributed by atoms with van der Waals surface area (Å²) >= 11 is 0. The molecule has 0 aromatic carbocycles. The fourth-order valence-corrected chi connectivity index (χ4v) is 2.83. The second kappa shape index (κ2) is 4.96. The molecular formula is C14H22N4O. The van der Waals surface area contributed by atoms with Crippen molar-refractivity contribution >= 4 is 5.91 Å². The van der Waals surface area contributed by atoms with Crippen LogP contribution in [0.4, 0.5) is 0 Å². The molecule has 1 aliphatic heterocycles. The average molecular weight is 262 g/mol. The lowest BCUT2D eigenvalue weighted by molar-refractivity contribution is -0.122. The van der Waals surface area contributed by atoms with Gasteiger partial charge in [0.2, 0.25) is 5.91 Å². The maximum Gasteiger partial charge on any atom is 0.223 e. The summed E-state index contributed by atoms with van der Waals surface area (Å²) in [5.41, 5.74) is 1.45. The summed E-state index contributed by atoms with van der Waals surface area (Å²) in [6, 6.07) is 0. The van der Waals surface area contributed by atoms with Gasteiger partial charge in [0.25, 0.3) is 0 Å². The molecule has 1 aromatic heterocycles. The number of aromatic nitrogens is 2. The maximum atomic E-state index is 11.6. The Morgan fingerprint density at radius 2 is 2.47 bits per heavy atom. The first-order valence-electron chi connectivity index (χ1n) is 7.18. The predicted octanol–water partition coefficient (Wildman–Crippen LogP) is 0.660. The summed E-state index contributed by atoms with van der Waals surface area (Å²) in [5, 5.41) is 6.43. The van der Waals surface area contributed by atoms with Gasteiger partial charge < -0.3 is 15.2 Å². The number of nitrogens with zero attached hydrogens (tertiary/aromatic N) is 2. The molecule has 3 rings (SSSR count). The van der Waals surface area contributed by atoms with Gasteiger partial charge in [-0.25, -0.2) is 4.98 Å². The summed E-state index contributed by atoms with van der Waals surface area (Å²) in [5.74, 6) is 0.509. The number of carbonyl (C=O) groups excluding carboxylic acids is 1. The molecule has 2 fully saturated rings. The van der Waals surface area contributed by atoms with E-state index in [0.29, 0.717) is 12.5 Å². The van der Waals surface area contributed by atoms with Gasteiger partial charge in [-0.2, -0.15) is 0 Å². The Bertz CT molecular complexity index is 458. The van der Waals surface area contributed by atoms with Gasteiger partial charge in [0.15, 0.2) is 0 Å². The largest absolute Gasteiger partial charge is 0.354 e. The number of imidazole rings is 1. The van der Waals surface area contributed by atoms with E-state index in [9.17, 15) is 4.79 Å². The highest BCUT2D eigenvalue weighted by Gasteiger charge is 2.33. The lowest BCUT2D eigenvalue weighted by atomic mass is 9.86. The molecule has 1 aromatic rings. The zero-order valence-corrected chi connectivity index (χ0v) is 11.5. The molecular weight excluding hydrogens is 240 g/mol. The van der Waals surface area contributed by atoms with Crippen molar-refractivity contribution in [2.24, 2.45) is 5.92 Å². The zero-order valence-electron chi connectivity index (χ0n) is 11.5. The maximum absolute atomic E-state index is 11.6. The Hall–Kier alpha value is -1.36. The van der Waals surface area contributed by atoms with E-state index in [1.54, 1.807) is 0 Å². The van der Waals surface area contributed by atoms with Crippen LogP contribution in [0.15, 0.2) is 12.5 Å². The third kappa shape index (κ3) is 2.66. The van der Waals surface area contributed by atoms with Gasteiger partial charge in [-0.05, 0) is 25.8 Å². The fraction of sp³-hybridized carbons (Fsp3) is 0.714. The van der Waals surface area contributed by atoms with Crippen molar-refractivity contribution in [3.63, 3.8) is 0 Å². The quantitative estimate of drug-likeness (QED) is 0.819. The number of amides is 1. The molecule has 1 saturated carbocycles. The topological polar surface area (TPSA) is 59.0 Å². The summed E-state index contributed by atoms with van der Waals surface area (Å²) in [7, 11) is 0. The Morgan fingerprint density at radius 1 is 1.63 bits per heavy atom. The minimum atomic E-state index is 0.178. The molecule has 1 unspecified atom stereocenters. The molecule has 1 saturated heterocycles. The minimum absolute atomic E-state index is 0.178. The van der Waals surface area contributed by atoms with E-state index in [4.69, 9.17) is 0 Å². The molecule has 2 aliphatic rings. The van der Waals surface area contributed by atoms with Gasteiger partial charge in [0, 0.05) is 42.9 Å². The fourth-order valence-electron chi connectivity index (χ4n) is 2.83. The third-order valence-corrected chi connectivity index (χ3v) is 4.30. The number of hydrogen-bond donors (Lipinski definition) is 2. The number of nitrogens with one attached hydrogen (secondary N) is 2. The van der Waals surface area contributed by atoms with Gasteiger partial charge in [0.05, 0.1) is 6.33 Å². The summed E-state index contributed by atoms with van der Waals surface area (Å²) in [6.07, 6.45) is 7.11. The van der Waals surface area contributed by atoms with Crippen molar-refractivity contribution in [3.05, 3.63) is 18.2 Å². The smallest absolute Gasteiger partial charge is 0.223 e. The average Bonchev–Trinajstić information content (AvgIpc) is 2.98. The van der Waals surface area contributed by atoms with Crippen molar-refractivity contribution in [2.75, 3.05) is 19.6 Å². The number of rotatable bonds is 5. The molecule has 5 heteroatoms. The van der Waals surface area contributed by atoms with Gasteiger partial charge in [-0.3, -0.25) is 4.79 Å². The van der Waals surface area contributed by atoms with E-state index in [-0.39, 0.29) is 11.3 Å². The molecule has 2 N–H and O–H groups in total. The predicted molar refractivity (Wildman–Crippen MR) is 72.8 cm³/mol. The lowest BCUT2D eigenvalue weighted by Gasteiger charge is -2.24. The second-order valence-electron chi connectivity index (χ2n) is 6.03. The molecule has 19 heavy (non-hydrogen) atoms. The van der Waals surface area contributed by atoms with Gasteiger partial charge in [0.1, 0.15) is 0 Å². The third-order valence-electron chi connectivity index (χ3n) is 4.30. The van der Waals surface area contributed by atoms with E-state index in [2.05, 4.69) is 27.1 Å². The van der Waals surface area contributed by atoms with Crippen LogP contribution in [0.5, 0.6) is 0 Å². The molecule has 104 valence electrons. The summed E-state index contributed by atoms with van der Waals surface area (Å²) in [4.78, 5) is 15.9. The molecule has 2 heterocycles. The molecule has 1 atom stereocenters. The van der Waals surface area contributed by atoms with Crippen LogP contribution in [0.1, 0.15) is 31.9 Å². The minimum Gasteiger partial charge on any atom is -0.354 e. The molecule has 5 nitrogen and oxygen atoms in total. The van der Waals surface area contributed by atoms with Crippen molar-refractivity contribution in [2.45, 2.75) is 38.1 Å². The van der Waals surface area contributed by atoms with Gasteiger partial charge in [-0.15, -0.1) is 0 Å². The summed E-state index contributed by atoms with van der Waals surface area (Å²) < 4.78 is 2.18. The highest BCUT2D eigenvalue weighted by atomic mass is 16.2. The molecule has 0 spiro atoms. The van der Waals surface area contributed by atoms with Crippen LogP contribution in [0.3, 0.4) is 0 Å². The van der Waals surface area contributed by atoms with E-state index < -0.39 is 0 Å². The lowest BCUT2D eigenvalue weighted by Crippen LogP contribution is -2.32. The van der Waals surface area contributed by atoms with Crippen LogP contribution in [-0.4, -0.2) is 35.1 Å². The Labute approximate surface area is 113 Å². The van der Waals surface area contributed by atoms with Crippen LogP contribution >= 0.6 is 0 Å². The molecule has 0 radical (unpaired) electrons. The van der Waals surface area contributed by atoms with Crippen LogP contribution in [0.25, 0.3) is 0 Å². The summed E-state index contributed by atoms with van der Waals surface area (Å²) in [6.45, 7) is 5.86. The zero-order chi connectivity index (χ0) is 13.3. The normalized spacial score (nSPS) is 26.6. The van der Waals surface area contributed by atoms with Crippen molar-refractivity contribution in [1.29, 1.82) is 0 Å². The van der Waals surface area contributed by atoms with E-state index in [1.165, 1.54) is 5.69 Å². The second-order valence-corrected chi connectivity index (χ2v) is 6.03. The first kappa shape index (κ1) is 12.7. The monoisotopic (exact) mass is 262 g/mol. The van der Waals surface area contributed by atoms with Crippen LogP contribution in [-0.2, 0) is 16.8 Å². The molecule has 0 bridgehead atoms. The Morgan fingerprint density at radius 3 is 3.16 bits per heavy atom. The Balaban J connectivity index is 1.58. The first-order valence-corrected chi connectivity index (χ1v) is 7.18. The van der Waals surface area contributed by atoms with Crippen molar-refractivity contribution in [1.82, 2.24) is 20.2 Å².